The second kappa shape index (κ2) is 13.9. The summed E-state index contributed by atoms with van der Waals surface area (Å²) in [5, 5.41) is 10.0. The Kier molecular flexibility index (Phi) is 10.7. The summed E-state index contributed by atoms with van der Waals surface area (Å²) >= 11 is 0. The van der Waals surface area contributed by atoms with Crippen molar-refractivity contribution in [2.75, 3.05) is 26.4 Å². The Hall–Kier alpha value is -1.11. The number of unbranched alkanes of at least 4 members (excludes halogenated alkanes) is 8. The molecule has 6 aliphatic rings. The molecule has 6 nitrogen and oxygen atoms in total. The second-order valence-electron chi connectivity index (χ2n) is 15.5. The van der Waals surface area contributed by atoms with Gasteiger partial charge in [-0.2, -0.15) is 0 Å². The number of carboxylic acid groups (broad SMARTS) is 1. The van der Waals surface area contributed by atoms with Gasteiger partial charge in [-0.25, -0.2) is 4.79 Å². The Labute approximate surface area is 255 Å². The van der Waals surface area contributed by atoms with Crippen LogP contribution in [0.4, 0.5) is 0 Å². The highest BCUT2D eigenvalue weighted by molar-refractivity contribution is 5.86. The van der Waals surface area contributed by atoms with E-state index >= 15 is 0 Å². The largest absolute Gasteiger partial charge is 0.497 e. The Morgan fingerprint density at radius 1 is 0.762 bits per heavy atom. The minimum absolute atomic E-state index is 0.0889. The molecular weight excluding hydrogens is 528 g/mol. The highest BCUT2D eigenvalue weighted by Crippen LogP contribution is 2.65. The van der Waals surface area contributed by atoms with Crippen molar-refractivity contribution in [1.29, 1.82) is 0 Å². The number of hydrogen-bond donors (Lipinski definition) is 1. The van der Waals surface area contributed by atoms with Crippen molar-refractivity contribution in [2.24, 2.45) is 17.3 Å². The zero-order valence-electron chi connectivity index (χ0n) is 27.1. The Morgan fingerprint density at radius 3 is 1.76 bits per heavy atom. The summed E-state index contributed by atoms with van der Waals surface area (Å²) in [6, 6.07) is 0. The molecule has 0 aromatic carbocycles. The van der Waals surface area contributed by atoms with Gasteiger partial charge in [0.1, 0.15) is 5.76 Å². The van der Waals surface area contributed by atoms with Gasteiger partial charge in [-0.1, -0.05) is 51.4 Å². The number of carboxylic acids is 1. The highest BCUT2D eigenvalue weighted by Gasteiger charge is 2.60. The molecule has 6 fully saturated rings. The number of rotatable bonds is 20. The van der Waals surface area contributed by atoms with Crippen molar-refractivity contribution in [1.82, 2.24) is 0 Å². The number of aliphatic carboxylic acids is 1. The first-order valence-electron chi connectivity index (χ1n) is 17.6. The number of allylic oxidation sites excluding steroid dienone is 1. The van der Waals surface area contributed by atoms with Crippen LogP contribution in [0.3, 0.4) is 0 Å². The Balaban J connectivity index is 1.07. The molecule has 2 saturated heterocycles. The van der Waals surface area contributed by atoms with Crippen molar-refractivity contribution >= 4 is 5.97 Å². The van der Waals surface area contributed by atoms with E-state index in [1.54, 1.807) is 6.92 Å². The van der Waals surface area contributed by atoms with E-state index in [0.29, 0.717) is 24.0 Å². The summed E-state index contributed by atoms with van der Waals surface area (Å²) in [4.78, 5) is 12.2. The molecule has 2 heterocycles. The van der Waals surface area contributed by atoms with Crippen LogP contribution in [0.25, 0.3) is 0 Å². The van der Waals surface area contributed by atoms with E-state index in [4.69, 9.17) is 18.9 Å². The Bertz CT molecular complexity index is 917. The average molecular weight is 589 g/mol. The predicted octanol–water partition coefficient (Wildman–Crippen LogP) is 8.76. The number of ether oxygens (including phenoxy) is 4. The first-order valence-corrected chi connectivity index (χ1v) is 17.6. The van der Waals surface area contributed by atoms with Gasteiger partial charge in [-0.05, 0) is 110 Å². The van der Waals surface area contributed by atoms with Crippen LogP contribution in [0.1, 0.15) is 149 Å². The molecule has 0 aromatic rings. The van der Waals surface area contributed by atoms with E-state index in [9.17, 15) is 9.90 Å². The fourth-order valence-electron chi connectivity index (χ4n) is 9.39. The van der Waals surface area contributed by atoms with E-state index in [2.05, 4.69) is 13.8 Å². The van der Waals surface area contributed by atoms with Crippen LogP contribution in [-0.4, -0.2) is 54.3 Å². The third-order valence-corrected chi connectivity index (χ3v) is 11.7. The van der Waals surface area contributed by atoms with Crippen LogP contribution in [0.15, 0.2) is 11.3 Å². The van der Waals surface area contributed by atoms with Gasteiger partial charge in [0.2, 0.25) is 0 Å². The van der Waals surface area contributed by atoms with Crippen molar-refractivity contribution in [2.45, 2.75) is 166 Å². The van der Waals surface area contributed by atoms with E-state index in [1.807, 2.05) is 0 Å². The third-order valence-electron chi connectivity index (χ3n) is 11.7. The van der Waals surface area contributed by atoms with E-state index in [0.717, 1.165) is 83.4 Å². The topological polar surface area (TPSA) is 74.2 Å². The lowest BCUT2D eigenvalue weighted by molar-refractivity contribution is -0.193. The summed E-state index contributed by atoms with van der Waals surface area (Å²) in [5.41, 5.74) is 0.470. The molecule has 2 aliphatic heterocycles. The molecule has 0 amide bonds. The SMILES string of the molecule is CC(C(=O)O)=C(OCCCCCCCC1(C)CCO1)C12CC3CC(CC(OCCCCCCCC4(C)CCO4)(C3)C1)C2. The summed E-state index contributed by atoms with van der Waals surface area (Å²) in [7, 11) is 0. The van der Waals surface area contributed by atoms with Gasteiger partial charge in [0.25, 0.3) is 0 Å². The summed E-state index contributed by atoms with van der Waals surface area (Å²) in [5.74, 6) is 1.21. The van der Waals surface area contributed by atoms with Gasteiger partial charge >= 0.3 is 5.97 Å². The molecular formula is C36H60O6. The lowest BCUT2D eigenvalue weighted by Crippen LogP contribution is -2.57. The van der Waals surface area contributed by atoms with Crippen LogP contribution in [0.5, 0.6) is 0 Å². The summed E-state index contributed by atoms with van der Waals surface area (Å²) < 4.78 is 24.8. The van der Waals surface area contributed by atoms with Crippen LogP contribution >= 0.6 is 0 Å². The molecule has 4 atom stereocenters. The van der Waals surface area contributed by atoms with E-state index in [-0.39, 0.29) is 22.2 Å². The van der Waals surface area contributed by atoms with Crippen LogP contribution in [0.2, 0.25) is 0 Å². The number of carbonyl (C=O) groups is 1. The van der Waals surface area contributed by atoms with Gasteiger partial charge in [0.05, 0.1) is 42.2 Å². The molecule has 6 rings (SSSR count). The quantitative estimate of drug-likeness (QED) is 0.0871. The Morgan fingerprint density at radius 2 is 1.26 bits per heavy atom. The molecule has 42 heavy (non-hydrogen) atoms. The molecule has 4 bridgehead atoms. The first-order chi connectivity index (χ1) is 20.1. The maximum Gasteiger partial charge on any atom is 0.334 e. The monoisotopic (exact) mass is 588 g/mol. The smallest absolute Gasteiger partial charge is 0.334 e. The van der Waals surface area contributed by atoms with E-state index in [1.165, 1.54) is 70.6 Å². The zero-order chi connectivity index (χ0) is 29.7. The predicted molar refractivity (Wildman–Crippen MR) is 165 cm³/mol. The number of hydrogen-bond acceptors (Lipinski definition) is 5. The minimum atomic E-state index is -0.833. The van der Waals surface area contributed by atoms with Crippen LogP contribution in [0, 0.1) is 17.3 Å². The minimum Gasteiger partial charge on any atom is -0.497 e. The lowest BCUT2D eigenvalue weighted by atomic mass is 9.47. The fraction of sp³-hybridized carbons (Fsp3) is 0.917. The van der Waals surface area contributed by atoms with Crippen molar-refractivity contribution in [3.05, 3.63) is 11.3 Å². The molecule has 1 N–H and O–H groups in total. The average Bonchev–Trinajstić information content (AvgIpc) is 2.90. The van der Waals surface area contributed by atoms with Gasteiger partial charge in [-0.3, -0.25) is 0 Å². The van der Waals surface area contributed by atoms with Crippen molar-refractivity contribution < 1.29 is 28.8 Å². The van der Waals surface area contributed by atoms with Gasteiger partial charge in [0.15, 0.2) is 0 Å². The molecule has 0 aromatic heterocycles. The van der Waals surface area contributed by atoms with Gasteiger partial charge < -0.3 is 24.1 Å². The molecule has 4 saturated carbocycles. The lowest BCUT2D eigenvalue weighted by Gasteiger charge is -2.62. The standard InChI is InChI=1S/C36H60O6/c1-28(32(37)38)31(39-18-12-8-4-6-10-14-33(2)16-20-40-33)35-23-29-22-30(24-35)26-36(25-29,27-35)42-19-13-9-5-7-11-15-34(3)17-21-41-34/h29-30H,4-27H2,1-3H3,(H,37,38). The zero-order valence-corrected chi connectivity index (χ0v) is 27.1. The van der Waals surface area contributed by atoms with Crippen molar-refractivity contribution in [3.63, 3.8) is 0 Å². The maximum absolute atomic E-state index is 12.2. The molecule has 6 heteroatoms. The summed E-state index contributed by atoms with van der Waals surface area (Å²) in [6.45, 7) is 9.57. The second-order valence-corrected chi connectivity index (χ2v) is 15.5. The van der Waals surface area contributed by atoms with Crippen molar-refractivity contribution in [3.8, 4) is 0 Å². The maximum atomic E-state index is 12.2. The summed E-state index contributed by atoms with van der Waals surface area (Å²) in [6.07, 6.45) is 23.4. The third kappa shape index (κ3) is 7.93. The van der Waals surface area contributed by atoms with Gasteiger partial charge in [-0.15, -0.1) is 0 Å². The normalized spacial score (nSPS) is 37.2. The first kappa shape index (κ1) is 32.3. The molecule has 4 aliphatic carbocycles. The van der Waals surface area contributed by atoms with Crippen LogP contribution < -0.4 is 0 Å². The van der Waals surface area contributed by atoms with Crippen LogP contribution in [-0.2, 0) is 23.7 Å². The molecule has 0 spiro atoms. The molecule has 0 radical (unpaired) electrons. The molecule has 4 unspecified atom stereocenters. The van der Waals surface area contributed by atoms with E-state index < -0.39 is 5.97 Å². The van der Waals surface area contributed by atoms with Gasteiger partial charge in [0, 0.05) is 12.0 Å². The highest BCUT2D eigenvalue weighted by atomic mass is 16.5. The molecule has 240 valence electrons. The fourth-order valence-corrected chi connectivity index (χ4v) is 9.39.